The topological polar surface area (TPSA) is 63.0 Å². The van der Waals surface area contributed by atoms with Gasteiger partial charge in [0.25, 0.3) is 0 Å². The number of aryl methyl sites for hydroxylation is 2. The number of aromatic nitrogens is 5. The molecule has 0 aliphatic carbocycles. The first-order chi connectivity index (χ1) is 11.6. The molecule has 2 aliphatic rings. The van der Waals surface area contributed by atoms with Crippen molar-refractivity contribution in [2.24, 2.45) is 0 Å². The second-order valence-electron chi connectivity index (χ2n) is 7.08. The van der Waals surface area contributed by atoms with Crippen molar-refractivity contribution in [1.29, 1.82) is 0 Å². The van der Waals surface area contributed by atoms with Crippen LogP contribution in [-0.2, 0) is 13.1 Å². The molecule has 0 spiro atoms. The van der Waals surface area contributed by atoms with E-state index in [1.807, 2.05) is 19.9 Å². The van der Waals surface area contributed by atoms with E-state index in [-0.39, 0.29) is 0 Å². The van der Waals surface area contributed by atoms with E-state index in [1.54, 1.807) is 0 Å². The van der Waals surface area contributed by atoms with Crippen molar-refractivity contribution in [2.45, 2.75) is 45.7 Å². The van der Waals surface area contributed by atoms with Crippen LogP contribution in [0.25, 0.3) is 0 Å². The lowest BCUT2D eigenvalue weighted by atomic mass is 9.96. The monoisotopic (exact) mass is 327 g/mol. The fourth-order valence-corrected chi connectivity index (χ4v) is 3.79. The van der Waals surface area contributed by atoms with Gasteiger partial charge in [-0.05, 0) is 39.8 Å². The van der Waals surface area contributed by atoms with Gasteiger partial charge in [0.2, 0.25) is 5.95 Å². The van der Waals surface area contributed by atoms with Crippen molar-refractivity contribution in [3.8, 4) is 0 Å². The predicted molar refractivity (Wildman–Crippen MR) is 92.1 cm³/mol. The average molecular weight is 327 g/mol. The molecule has 0 bridgehead atoms. The van der Waals surface area contributed by atoms with Crippen LogP contribution in [0.3, 0.4) is 0 Å². The van der Waals surface area contributed by atoms with Gasteiger partial charge >= 0.3 is 0 Å². The highest BCUT2D eigenvalue weighted by Crippen LogP contribution is 2.29. The summed E-state index contributed by atoms with van der Waals surface area (Å²) in [7, 11) is 2.14. The number of piperidine rings is 1. The van der Waals surface area contributed by atoms with Crippen LogP contribution in [0.1, 0.15) is 41.8 Å². The molecule has 0 unspecified atom stereocenters. The average Bonchev–Trinajstić information content (AvgIpc) is 2.97. The molecule has 24 heavy (non-hydrogen) atoms. The van der Waals surface area contributed by atoms with Gasteiger partial charge in [0.05, 0.1) is 6.54 Å². The van der Waals surface area contributed by atoms with Crippen LogP contribution in [0, 0.1) is 13.8 Å². The summed E-state index contributed by atoms with van der Waals surface area (Å²) in [6, 6.07) is 2.02. The first kappa shape index (κ1) is 15.5. The Morgan fingerprint density at radius 1 is 0.958 bits per heavy atom. The fraction of sp³-hybridized carbons (Fsp3) is 0.647. The predicted octanol–water partition coefficient (Wildman–Crippen LogP) is 1.51. The fourth-order valence-electron chi connectivity index (χ4n) is 3.79. The maximum atomic E-state index is 4.60. The van der Waals surface area contributed by atoms with Gasteiger partial charge in [-0.15, -0.1) is 10.2 Å². The number of fused-ring (bicyclic) bond motifs is 1. The molecule has 7 heteroatoms. The molecule has 0 amide bonds. The Morgan fingerprint density at radius 3 is 2.38 bits per heavy atom. The minimum Gasteiger partial charge on any atom is -0.341 e. The zero-order chi connectivity index (χ0) is 16.7. The lowest BCUT2D eigenvalue weighted by Crippen LogP contribution is -2.36. The van der Waals surface area contributed by atoms with Crippen molar-refractivity contribution < 1.29 is 0 Å². The Morgan fingerprint density at radius 2 is 1.67 bits per heavy atom. The van der Waals surface area contributed by atoms with Crippen LogP contribution < -0.4 is 4.90 Å². The van der Waals surface area contributed by atoms with Crippen LogP contribution in [0.2, 0.25) is 0 Å². The highest BCUT2D eigenvalue weighted by molar-refractivity contribution is 5.33. The SMILES string of the molecule is Cc1cc(C)nc(N2CCC(c3nnc4n3CCN(C)C4)CC2)n1. The summed E-state index contributed by atoms with van der Waals surface area (Å²) in [6.45, 7) is 9.02. The maximum absolute atomic E-state index is 4.60. The first-order valence-electron chi connectivity index (χ1n) is 8.78. The van der Waals surface area contributed by atoms with E-state index in [0.29, 0.717) is 5.92 Å². The zero-order valence-electron chi connectivity index (χ0n) is 14.7. The largest absolute Gasteiger partial charge is 0.341 e. The van der Waals surface area contributed by atoms with Gasteiger partial charge < -0.3 is 9.47 Å². The van der Waals surface area contributed by atoms with E-state index in [4.69, 9.17) is 0 Å². The molecule has 2 aliphatic heterocycles. The van der Waals surface area contributed by atoms with Crippen molar-refractivity contribution in [3.63, 3.8) is 0 Å². The van der Waals surface area contributed by atoms with Gasteiger partial charge in [-0.3, -0.25) is 4.90 Å². The normalized spacial score (nSPS) is 19.5. The number of rotatable bonds is 2. The van der Waals surface area contributed by atoms with E-state index >= 15 is 0 Å². The molecule has 1 fully saturated rings. The molecule has 0 atom stereocenters. The molecular formula is C17H25N7. The van der Waals surface area contributed by atoms with Crippen molar-refractivity contribution >= 4 is 5.95 Å². The third kappa shape index (κ3) is 2.88. The number of hydrogen-bond donors (Lipinski definition) is 0. The molecule has 4 heterocycles. The quantitative estimate of drug-likeness (QED) is 0.833. The molecule has 1 saturated heterocycles. The second-order valence-corrected chi connectivity index (χ2v) is 7.08. The summed E-state index contributed by atoms with van der Waals surface area (Å²) in [5.74, 6) is 3.66. The number of nitrogens with zero attached hydrogens (tertiary/aromatic N) is 7. The van der Waals surface area contributed by atoms with E-state index in [1.165, 1.54) is 5.82 Å². The molecular weight excluding hydrogens is 302 g/mol. The number of likely N-dealkylation sites (N-methyl/N-ethyl adjacent to an activating group) is 1. The first-order valence-corrected chi connectivity index (χ1v) is 8.78. The Balaban J connectivity index is 1.47. The van der Waals surface area contributed by atoms with Crippen LogP contribution >= 0.6 is 0 Å². The van der Waals surface area contributed by atoms with Gasteiger partial charge in [-0.25, -0.2) is 9.97 Å². The molecule has 7 nitrogen and oxygen atoms in total. The minimum absolute atomic E-state index is 0.497. The molecule has 0 saturated carbocycles. The minimum atomic E-state index is 0.497. The molecule has 0 radical (unpaired) electrons. The highest BCUT2D eigenvalue weighted by Gasteiger charge is 2.28. The lowest BCUT2D eigenvalue weighted by molar-refractivity contribution is 0.259. The van der Waals surface area contributed by atoms with Crippen molar-refractivity contribution in [2.75, 3.05) is 31.6 Å². The van der Waals surface area contributed by atoms with Gasteiger partial charge in [0.15, 0.2) is 0 Å². The van der Waals surface area contributed by atoms with Crippen LogP contribution in [-0.4, -0.2) is 56.3 Å². The molecule has 0 aromatic carbocycles. The number of hydrogen-bond acceptors (Lipinski definition) is 6. The summed E-state index contributed by atoms with van der Waals surface area (Å²) in [6.07, 6.45) is 2.18. The summed E-state index contributed by atoms with van der Waals surface area (Å²) in [5, 5.41) is 8.93. The lowest BCUT2D eigenvalue weighted by Gasteiger charge is -2.32. The third-order valence-corrected chi connectivity index (χ3v) is 5.09. The Labute approximate surface area is 142 Å². The van der Waals surface area contributed by atoms with Crippen LogP contribution in [0.15, 0.2) is 6.07 Å². The molecule has 128 valence electrons. The third-order valence-electron chi connectivity index (χ3n) is 5.09. The van der Waals surface area contributed by atoms with Gasteiger partial charge in [-0.2, -0.15) is 0 Å². The highest BCUT2D eigenvalue weighted by atomic mass is 15.3. The number of anilines is 1. The van der Waals surface area contributed by atoms with Crippen LogP contribution in [0.5, 0.6) is 0 Å². The smallest absolute Gasteiger partial charge is 0.225 e. The summed E-state index contributed by atoms with van der Waals surface area (Å²) >= 11 is 0. The van der Waals surface area contributed by atoms with Gasteiger partial charge in [0.1, 0.15) is 11.6 Å². The molecule has 2 aromatic heterocycles. The van der Waals surface area contributed by atoms with Crippen molar-refractivity contribution in [3.05, 3.63) is 29.1 Å². The Bertz CT molecular complexity index is 710. The maximum Gasteiger partial charge on any atom is 0.225 e. The Kier molecular flexibility index (Phi) is 3.96. The van der Waals surface area contributed by atoms with E-state index in [2.05, 4.69) is 41.6 Å². The summed E-state index contributed by atoms with van der Waals surface area (Å²) in [4.78, 5) is 13.8. The summed E-state index contributed by atoms with van der Waals surface area (Å²) in [5.41, 5.74) is 2.07. The van der Waals surface area contributed by atoms with Gasteiger partial charge in [-0.1, -0.05) is 0 Å². The molecule has 4 rings (SSSR count). The summed E-state index contributed by atoms with van der Waals surface area (Å²) < 4.78 is 2.34. The Hall–Kier alpha value is -2.02. The van der Waals surface area contributed by atoms with E-state index in [0.717, 1.165) is 68.7 Å². The van der Waals surface area contributed by atoms with E-state index < -0.39 is 0 Å². The van der Waals surface area contributed by atoms with Gasteiger partial charge in [0, 0.05) is 43.5 Å². The van der Waals surface area contributed by atoms with Crippen LogP contribution in [0.4, 0.5) is 5.95 Å². The van der Waals surface area contributed by atoms with Crippen molar-refractivity contribution in [1.82, 2.24) is 29.6 Å². The molecule has 2 aromatic rings. The van der Waals surface area contributed by atoms with E-state index in [9.17, 15) is 0 Å². The standard InChI is InChI=1S/C17H25N7/c1-12-10-13(2)19-17(18-12)23-6-4-14(5-7-23)16-21-20-15-11-22(3)8-9-24(15)16/h10,14H,4-9,11H2,1-3H3. The zero-order valence-corrected chi connectivity index (χ0v) is 14.7. The molecule has 0 N–H and O–H groups in total. The second kappa shape index (κ2) is 6.12.